The molecule has 2 aliphatic rings. The molecule has 0 unspecified atom stereocenters. The Kier molecular flexibility index (Phi) is 5.31. The predicted molar refractivity (Wildman–Crippen MR) is 117 cm³/mol. The standard InChI is InChI=1S/C24H34N4/c1-18(2)19-7-10-27(11-8-19)23-12-20(13-26-15-23)24(3,4)21-16-28(17-21)22-6-5-9-25-14-22/h5-6,9,12-15,18-19,21H,7-8,10-11,16-17H2,1-4H3. The van der Waals surface area contributed by atoms with Gasteiger partial charge in [-0.05, 0) is 53.9 Å². The van der Waals surface area contributed by atoms with Crippen molar-refractivity contribution in [1.29, 1.82) is 0 Å². The van der Waals surface area contributed by atoms with Crippen LogP contribution in [0.5, 0.6) is 0 Å². The first-order valence-corrected chi connectivity index (χ1v) is 10.8. The van der Waals surface area contributed by atoms with Crippen molar-refractivity contribution in [2.45, 2.75) is 46.0 Å². The van der Waals surface area contributed by atoms with Crippen molar-refractivity contribution in [3.05, 3.63) is 48.5 Å². The molecule has 2 aromatic heterocycles. The molecule has 4 heterocycles. The summed E-state index contributed by atoms with van der Waals surface area (Å²) in [5.74, 6) is 2.31. The van der Waals surface area contributed by atoms with Gasteiger partial charge in [0.2, 0.25) is 0 Å². The second kappa shape index (κ2) is 7.73. The molecule has 0 saturated carbocycles. The number of hydrogen-bond donors (Lipinski definition) is 0. The smallest absolute Gasteiger partial charge is 0.0555 e. The van der Waals surface area contributed by atoms with Crippen LogP contribution in [0.3, 0.4) is 0 Å². The maximum atomic E-state index is 4.63. The molecular weight excluding hydrogens is 344 g/mol. The molecule has 0 N–H and O–H groups in total. The molecule has 2 aliphatic heterocycles. The minimum absolute atomic E-state index is 0.123. The van der Waals surface area contributed by atoms with Crippen LogP contribution in [0.2, 0.25) is 0 Å². The molecule has 0 aliphatic carbocycles. The van der Waals surface area contributed by atoms with Gasteiger partial charge in [0.05, 0.1) is 23.8 Å². The fraction of sp³-hybridized carbons (Fsp3) is 0.583. The van der Waals surface area contributed by atoms with Crippen LogP contribution in [0.15, 0.2) is 43.0 Å². The zero-order valence-electron chi connectivity index (χ0n) is 17.8. The zero-order valence-corrected chi connectivity index (χ0v) is 17.8. The summed E-state index contributed by atoms with van der Waals surface area (Å²) >= 11 is 0. The van der Waals surface area contributed by atoms with Crippen LogP contribution >= 0.6 is 0 Å². The summed E-state index contributed by atoms with van der Waals surface area (Å²) in [6, 6.07) is 6.57. The highest BCUT2D eigenvalue weighted by Crippen LogP contribution is 2.40. The van der Waals surface area contributed by atoms with E-state index in [0.29, 0.717) is 5.92 Å². The highest BCUT2D eigenvalue weighted by Gasteiger charge is 2.40. The fourth-order valence-electron chi connectivity index (χ4n) is 4.70. The van der Waals surface area contributed by atoms with Gasteiger partial charge in [-0.1, -0.05) is 27.7 Å². The third kappa shape index (κ3) is 3.74. The topological polar surface area (TPSA) is 32.3 Å². The second-order valence-electron chi connectivity index (χ2n) is 9.54. The SMILES string of the molecule is CC(C)C1CCN(c2cncc(C(C)(C)C3CN(c4cccnc4)C3)c2)CC1. The van der Waals surface area contributed by atoms with E-state index in [-0.39, 0.29) is 5.41 Å². The molecule has 0 amide bonds. The van der Waals surface area contributed by atoms with Crippen molar-refractivity contribution in [1.82, 2.24) is 9.97 Å². The number of anilines is 2. The molecular formula is C24H34N4. The number of hydrogen-bond acceptors (Lipinski definition) is 4. The molecule has 0 atom stereocenters. The number of piperidine rings is 1. The van der Waals surface area contributed by atoms with Gasteiger partial charge in [0, 0.05) is 44.5 Å². The second-order valence-corrected chi connectivity index (χ2v) is 9.54. The Labute approximate surface area is 170 Å². The molecule has 2 saturated heterocycles. The molecule has 0 spiro atoms. The fourth-order valence-corrected chi connectivity index (χ4v) is 4.70. The first kappa shape index (κ1) is 19.2. The van der Waals surface area contributed by atoms with Crippen LogP contribution in [0.1, 0.15) is 46.1 Å². The van der Waals surface area contributed by atoms with Crippen molar-refractivity contribution >= 4 is 11.4 Å². The number of pyridine rings is 2. The molecule has 150 valence electrons. The van der Waals surface area contributed by atoms with Gasteiger partial charge in [0.15, 0.2) is 0 Å². The first-order chi connectivity index (χ1) is 13.4. The lowest BCUT2D eigenvalue weighted by molar-refractivity contribution is 0.258. The van der Waals surface area contributed by atoms with Crippen molar-refractivity contribution in [2.24, 2.45) is 17.8 Å². The van der Waals surface area contributed by atoms with Crippen LogP contribution in [0, 0.1) is 17.8 Å². The van der Waals surface area contributed by atoms with Gasteiger partial charge in [-0.3, -0.25) is 9.97 Å². The molecule has 28 heavy (non-hydrogen) atoms. The summed E-state index contributed by atoms with van der Waals surface area (Å²) in [6.45, 7) is 14.0. The highest BCUT2D eigenvalue weighted by molar-refractivity contribution is 5.50. The maximum Gasteiger partial charge on any atom is 0.0555 e. The van der Waals surface area contributed by atoms with E-state index in [0.717, 1.165) is 38.0 Å². The summed E-state index contributed by atoms with van der Waals surface area (Å²) in [5.41, 5.74) is 4.02. The Morgan fingerprint density at radius 3 is 2.32 bits per heavy atom. The molecule has 0 aromatic carbocycles. The molecule has 2 fully saturated rings. The Hall–Kier alpha value is -2.10. The van der Waals surface area contributed by atoms with E-state index in [1.54, 1.807) is 0 Å². The van der Waals surface area contributed by atoms with Gasteiger partial charge < -0.3 is 9.80 Å². The third-order valence-electron chi connectivity index (χ3n) is 7.23. The van der Waals surface area contributed by atoms with E-state index < -0.39 is 0 Å². The van der Waals surface area contributed by atoms with Gasteiger partial charge in [0.1, 0.15) is 0 Å². The Balaban J connectivity index is 1.42. The minimum Gasteiger partial charge on any atom is -0.370 e. The molecule has 0 radical (unpaired) electrons. The number of aromatic nitrogens is 2. The highest BCUT2D eigenvalue weighted by atomic mass is 15.2. The average Bonchev–Trinajstić information content (AvgIpc) is 2.68. The van der Waals surface area contributed by atoms with Gasteiger partial charge in [-0.25, -0.2) is 0 Å². The number of rotatable bonds is 5. The van der Waals surface area contributed by atoms with Crippen molar-refractivity contribution < 1.29 is 0 Å². The lowest BCUT2D eigenvalue weighted by atomic mass is 9.70. The zero-order chi connectivity index (χ0) is 19.7. The van der Waals surface area contributed by atoms with Crippen molar-refractivity contribution in [3.8, 4) is 0 Å². The normalized spacial score (nSPS) is 19.2. The maximum absolute atomic E-state index is 4.63. The molecule has 2 aromatic rings. The Bertz CT molecular complexity index is 772. The van der Waals surface area contributed by atoms with Gasteiger partial charge >= 0.3 is 0 Å². The summed E-state index contributed by atoms with van der Waals surface area (Å²) in [5, 5.41) is 0. The van der Waals surface area contributed by atoms with E-state index >= 15 is 0 Å². The van der Waals surface area contributed by atoms with Crippen LogP contribution in [0.25, 0.3) is 0 Å². The van der Waals surface area contributed by atoms with E-state index in [1.807, 2.05) is 18.5 Å². The summed E-state index contributed by atoms with van der Waals surface area (Å²) in [6.07, 6.45) is 10.5. The quantitative estimate of drug-likeness (QED) is 0.751. The lowest BCUT2D eigenvalue weighted by Gasteiger charge is -2.49. The van der Waals surface area contributed by atoms with Gasteiger partial charge in [0.25, 0.3) is 0 Å². The molecule has 4 heteroatoms. The minimum atomic E-state index is 0.123. The summed E-state index contributed by atoms with van der Waals surface area (Å²) in [4.78, 5) is 13.8. The Morgan fingerprint density at radius 2 is 1.68 bits per heavy atom. The third-order valence-corrected chi connectivity index (χ3v) is 7.23. The summed E-state index contributed by atoms with van der Waals surface area (Å²) < 4.78 is 0. The average molecular weight is 379 g/mol. The number of nitrogens with zero attached hydrogens (tertiary/aromatic N) is 4. The lowest BCUT2D eigenvalue weighted by Crippen LogP contribution is -2.54. The van der Waals surface area contributed by atoms with E-state index in [1.165, 1.54) is 29.8 Å². The van der Waals surface area contributed by atoms with Crippen LogP contribution in [0.4, 0.5) is 11.4 Å². The van der Waals surface area contributed by atoms with E-state index in [2.05, 4.69) is 72.0 Å². The monoisotopic (exact) mass is 378 g/mol. The molecule has 4 rings (SSSR count). The van der Waals surface area contributed by atoms with Crippen molar-refractivity contribution in [3.63, 3.8) is 0 Å². The van der Waals surface area contributed by atoms with Crippen molar-refractivity contribution in [2.75, 3.05) is 36.0 Å². The predicted octanol–water partition coefficient (Wildman–Crippen LogP) is 4.76. The Morgan fingerprint density at radius 1 is 0.964 bits per heavy atom. The summed E-state index contributed by atoms with van der Waals surface area (Å²) in [7, 11) is 0. The molecule has 4 nitrogen and oxygen atoms in total. The largest absolute Gasteiger partial charge is 0.370 e. The molecule has 0 bridgehead atoms. The van der Waals surface area contributed by atoms with Crippen LogP contribution in [-0.2, 0) is 5.41 Å². The van der Waals surface area contributed by atoms with Crippen LogP contribution < -0.4 is 9.80 Å². The van der Waals surface area contributed by atoms with Gasteiger partial charge in [-0.15, -0.1) is 0 Å². The first-order valence-electron chi connectivity index (χ1n) is 10.8. The van der Waals surface area contributed by atoms with E-state index in [4.69, 9.17) is 0 Å². The van der Waals surface area contributed by atoms with Gasteiger partial charge in [-0.2, -0.15) is 0 Å². The van der Waals surface area contributed by atoms with E-state index in [9.17, 15) is 0 Å². The van der Waals surface area contributed by atoms with Crippen LogP contribution in [-0.4, -0.2) is 36.1 Å².